The van der Waals surface area contributed by atoms with Crippen LogP contribution in [-0.4, -0.2) is 30.7 Å². The molecule has 1 N–H and O–H groups in total. The molecule has 0 spiro atoms. The van der Waals surface area contributed by atoms with E-state index in [9.17, 15) is 4.79 Å². The van der Waals surface area contributed by atoms with Crippen molar-refractivity contribution in [1.82, 2.24) is 9.88 Å². The predicted molar refractivity (Wildman–Crippen MR) is 77.9 cm³/mol. The molecule has 1 aromatic carbocycles. The maximum Gasteiger partial charge on any atom is 0.419 e. The van der Waals surface area contributed by atoms with Gasteiger partial charge in [-0.2, -0.15) is 0 Å². The Morgan fingerprint density at radius 1 is 1.42 bits per heavy atom. The highest BCUT2D eigenvalue weighted by Crippen LogP contribution is 2.25. The Bertz CT molecular complexity index is 640. The van der Waals surface area contributed by atoms with Gasteiger partial charge in [0.05, 0.1) is 5.52 Å². The SMILES string of the molecule is CNCC(C)(C)N(C)c1ccc2c(c1)oc(=O)n2C. The molecule has 0 bridgehead atoms. The van der Waals surface area contributed by atoms with E-state index in [4.69, 9.17) is 4.42 Å². The smallest absolute Gasteiger partial charge is 0.408 e. The maximum atomic E-state index is 11.5. The van der Waals surface area contributed by atoms with Gasteiger partial charge in [0.25, 0.3) is 0 Å². The fourth-order valence-electron chi connectivity index (χ4n) is 2.23. The first-order valence-electron chi connectivity index (χ1n) is 6.35. The number of aromatic nitrogens is 1. The number of oxazole rings is 1. The summed E-state index contributed by atoms with van der Waals surface area (Å²) in [5.74, 6) is -0.329. The number of aryl methyl sites for hydroxylation is 1. The van der Waals surface area contributed by atoms with E-state index in [-0.39, 0.29) is 11.3 Å². The summed E-state index contributed by atoms with van der Waals surface area (Å²) in [6, 6.07) is 5.84. The third-order valence-electron chi connectivity index (χ3n) is 3.68. The normalized spacial score (nSPS) is 12.1. The number of hydrogen-bond acceptors (Lipinski definition) is 4. The standard InChI is InChI=1S/C14H21N3O2/c1-14(2,9-15-3)17(5)10-6-7-11-12(8-10)19-13(18)16(11)4/h6-8,15H,9H2,1-5H3. The minimum Gasteiger partial charge on any atom is -0.408 e. The van der Waals surface area contributed by atoms with Gasteiger partial charge in [0, 0.05) is 37.9 Å². The van der Waals surface area contributed by atoms with Crippen LogP contribution in [0.25, 0.3) is 11.1 Å². The number of nitrogens with one attached hydrogen (secondary N) is 1. The number of likely N-dealkylation sites (N-methyl/N-ethyl adjacent to an activating group) is 2. The van der Waals surface area contributed by atoms with Crippen molar-refractivity contribution in [1.29, 1.82) is 0 Å². The molecular weight excluding hydrogens is 242 g/mol. The zero-order chi connectivity index (χ0) is 14.2. The Morgan fingerprint density at radius 3 is 2.74 bits per heavy atom. The lowest BCUT2D eigenvalue weighted by Gasteiger charge is -2.37. The van der Waals surface area contributed by atoms with Crippen LogP contribution >= 0.6 is 0 Å². The zero-order valence-electron chi connectivity index (χ0n) is 12.2. The van der Waals surface area contributed by atoms with Crippen LogP contribution in [0.2, 0.25) is 0 Å². The third kappa shape index (κ3) is 2.38. The van der Waals surface area contributed by atoms with Crippen LogP contribution in [0.3, 0.4) is 0 Å². The summed E-state index contributed by atoms with van der Waals surface area (Å²) in [7, 11) is 5.69. The quantitative estimate of drug-likeness (QED) is 0.909. The van der Waals surface area contributed by atoms with Crippen LogP contribution in [0.1, 0.15) is 13.8 Å². The Morgan fingerprint density at radius 2 is 2.11 bits per heavy atom. The Balaban J connectivity index is 2.43. The van der Waals surface area contributed by atoms with Crippen molar-refractivity contribution in [3.63, 3.8) is 0 Å². The summed E-state index contributed by atoms with van der Waals surface area (Å²) in [4.78, 5) is 13.7. The van der Waals surface area contributed by atoms with Crippen molar-refractivity contribution >= 4 is 16.8 Å². The highest BCUT2D eigenvalue weighted by Gasteiger charge is 2.23. The fraction of sp³-hybridized carbons (Fsp3) is 0.500. The molecule has 0 fully saturated rings. The molecule has 0 atom stereocenters. The average Bonchev–Trinajstić information content (AvgIpc) is 2.63. The highest BCUT2D eigenvalue weighted by atomic mass is 16.4. The topological polar surface area (TPSA) is 50.4 Å². The van der Waals surface area contributed by atoms with Crippen LogP contribution < -0.4 is 16.0 Å². The largest absolute Gasteiger partial charge is 0.419 e. The summed E-state index contributed by atoms with van der Waals surface area (Å²) in [6.45, 7) is 5.18. The van der Waals surface area contributed by atoms with Gasteiger partial charge in [-0.15, -0.1) is 0 Å². The molecule has 0 amide bonds. The van der Waals surface area contributed by atoms with Crippen LogP contribution in [0.15, 0.2) is 27.4 Å². The minimum absolute atomic E-state index is 0.0303. The predicted octanol–water partition coefficient (Wildman–Crippen LogP) is 1.57. The molecule has 5 heteroatoms. The number of benzene rings is 1. The van der Waals surface area contributed by atoms with Crippen molar-refractivity contribution in [3.8, 4) is 0 Å². The number of fused-ring (bicyclic) bond motifs is 1. The zero-order valence-corrected chi connectivity index (χ0v) is 12.2. The molecule has 0 saturated heterocycles. The van der Waals surface area contributed by atoms with E-state index in [0.29, 0.717) is 5.58 Å². The first-order valence-corrected chi connectivity index (χ1v) is 6.35. The summed E-state index contributed by atoms with van der Waals surface area (Å²) < 4.78 is 6.74. The lowest BCUT2D eigenvalue weighted by Crippen LogP contribution is -2.48. The fourth-order valence-corrected chi connectivity index (χ4v) is 2.23. The molecule has 1 heterocycles. The van der Waals surface area contributed by atoms with Crippen LogP contribution in [0.4, 0.5) is 5.69 Å². The lowest BCUT2D eigenvalue weighted by molar-refractivity contribution is 0.463. The van der Waals surface area contributed by atoms with Gasteiger partial charge in [0.15, 0.2) is 5.58 Å². The van der Waals surface area contributed by atoms with Gasteiger partial charge in [-0.25, -0.2) is 4.79 Å². The molecule has 1 aromatic heterocycles. The number of anilines is 1. The minimum atomic E-state index is -0.329. The van der Waals surface area contributed by atoms with Crippen molar-refractivity contribution < 1.29 is 4.42 Å². The van der Waals surface area contributed by atoms with Gasteiger partial charge in [-0.1, -0.05) is 0 Å². The van der Waals surface area contributed by atoms with Gasteiger partial charge in [-0.05, 0) is 33.0 Å². The molecule has 2 rings (SSSR count). The summed E-state index contributed by atoms with van der Waals surface area (Å²) in [5, 5.41) is 3.19. The van der Waals surface area contributed by atoms with Gasteiger partial charge < -0.3 is 14.6 Å². The van der Waals surface area contributed by atoms with Gasteiger partial charge >= 0.3 is 5.76 Å². The molecule has 0 aliphatic heterocycles. The molecule has 0 saturated carbocycles. The van der Waals surface area contributed by atoms with E-state index >= 15 is 0 Å². The molecule has 2 aromatic rings. The second kappa shape index (κ2) is 4.74. The first kappa shape index (κ1) is 13.7. The second-order valence-electron chi connectivity index (χ2n) is 5.48. The van der Waals surface area contributed by atoms with E-state index in [1.165, 1.54) is 4.57 Å². The van der Waals surface area contributed by atoms with E-state index in [0.717, 1.165) is 17.7 Å². The first-order chi connectivity index (χ1) is 8.86. The molecular formula is C14H21N3O2. The van der Waals surface area contributed by atoms with Crippen molar-refractivity contribution in [3.05, 3.63) is 28.7 Å². The Labute approximate surface area is 112 Å². The van der Waals surface area contributed by atoms with Gasteiger partial charge in [0.2, 0.25) is 0 Å². The van der Waals surface area contributed by atoms with E-state index in [1.54, 1.807) is 7.05 Å². The Hall–Kier alpha value is -1.75. The van der Waals surface area contributed by atoms with Crippen LogP contribution in [0.5, 0.6) is 0 Å². The molecule has 19 heavy (non-hydrogen) atoms. The Kier molecular flexibility index (Phi) is 3.41. The number of rotatable bonds is 4. The second-order valence-corrected chi connectivity index (χ2v) is 5.48. The molecule has 104 valence electrons. The van der Waals surface area contributed by atoms with Crippen molar-refractivity contribution in [2.24, 2.45) is 7.05 Å². The van der Waals surface area contributed by atoms with E-state index in [2.05, 4.69) is 24.1 Å². The van der Waals surface area contributed by atoms with Gasteiger partial charge in [-0.3, -0.25) is 4.57 Å². The molecule has 5 nitrogen and oxygen atoms in total. The summed E-state index contributed by atoms with van der Waals surface area (Å²) in [5.41, 5.74) is 2.44. The van der Waals surface area contributed by atoms with Crippen molar-refractivity contribution in [2.75, 3.05) is 25.5 Å². The van der Waals surface area contributed by atoms with Gasteiger partial charge in [0.1, 0.15) is 0 Å². The van der Waals surface area contributed by atoms with E-state index < -0.39 is 0 Å². The number of nitrogens with zero attached hydrogens (tertiary/aromatic N) is 2. The maximum absolute atomic E-state index is 11.5. The molecule has 0 aliphatic carbocycles. The third-order valence-corrected chi connectivity index (χ3v) is 3.68. The lowest BCUT2D eigenvalue weighted by atomic mass is 10.0. The monoisotopic (exact) mass is 263 g/mol. The molecule has 0 unspecified atom stereocenters. The average molecular weight is 263 g/mol. The van der Waals surface area contributed by atoms with Crippen molar-refractivity contribution in [2.45, 2.75) is 19.4 Å². The summed E-state index contributed by atoms with van der Waals surface area (Å²) >= 11 is 0. The van der Waals surface area contributed by atoms with E-state index in [1.807, 2.05) is 32.3 Å². The van der Waals surface area contributed by atoms with Crippen LogP contribution in [-0.2, 0) is 7.05 Å². The molecule has 0 aliphatic rings. The molecule has 0 radical (unpaired) electrons. The van der Waals surface area contributed by atoms with Crippen LogP contribution in [0, 0.1) is 0 Å². The summed E-state index contributed by atoms with van der Waals surface area (Å²) in [6.07, 6.45) is 0. The number of hydrogen-bond donors (Lipinski definition) is 1. The highest BCUT2D eigenvalue weighted by molar-refractivity contribution is 5.78.